The van der Waals surface area contributed by atoms with Gasteiger partial charge in [-0.15, -0.1) is 0 Å². The van der Waals surface area contributed by atoms with Crippen LogP contribution in [0.25, 0.3) is 0 Å². The van der Waals surface area contributed by atoms with Gasteiger partial charge in [0.25, 0.3) is 5.91 Å². The zero-order valence-electron chi connectivity index (χ0n) is 19.3. The Morgan fingerprint density at radius 1 is 0.969 bits per heavy atom. The monoisotopic (exact) mass is 461 g/mol. The number of amides is 3. The highest BCUT2D eigenvalue weighted by Gasteiger charge is 2.35. The summed E-state index contributed by atoms with van der Waals surface area (Å²) in [6, 6.07) is 6.08. The van der Waals surface area contributed by atoms with Crippen LogP contribution in [0, 0.1) is 11.8 Å². The van der Waals surface area contributed by atoms with Crippen LogP contribution in [0.5, 0.6) is 0 Å². The fraction of sp³-hybridized carbons (Fsp3) is 0.640. The van der Waals surface area contributed by atoms with Crippen LogP contribution in [0.4, 0.5) is 0 Å². The molecule has 1 aromatic rings. The molecule has 2 aliphatic heterocycles. The van der Waals surface area contributed by atoms with Gasteiger partial charge in [-0.25, -0.2) is 0 Å². The molecule has 0 spiro atoms. The van der Waals surface area contributed by atoms with Gasteiger partial charge < -0.3 is 15.1 Å². The van der Waals surface area contributed by atoms with Gasteiger partial charge in [0.05, 0.1) is 0 Å². The van der Waals surface area contributed by atoms with Gasteiger partial charge in [0.1, 0.15) is 6.04 Å². The van der Waals surface area contributed by atoms with Crippen LogP contribution in [-0.2, 0) is 9.59 Å². The average Bonchev–Trinajstić information content (AvgIpc) is 3.11. The molecule has 32 heavy (non-hydrogen) atoms. The molecule has 2 atom stereocenters. The van der Waals surface area contributed by atoms with E-state index in [0.717, 1.165) is 32.4 Å². The summed E-state index contributed by atoms with van der Waals surface area (Å²) in [4.78, 5) is 42.9. The third-order valence-corrected chi connectivity index (χ3v) is 7.20. The highest BCUT2D eigenvalue weighted by Crippen LogP contribution is 2.23. The minimum Gasteiger partial charge on any atom is -0.342 e. The second kappa shape index (κ2) is 11.7. The largest absolute Gasteiger partial charge is 0.342 e. The number of hydrogen-bond donors (Lipinski definition) is 1. The molecule has 2 heterocycles. The molecule has 1 aromatic carbocycles. The summed E-state index contributed by atoms with van der Waals surface area (Å²) in [5.74, 6) is -0.0551. The standard InChI is InChI=1S/C25H36ClN3O3/c1-3-18(2)22(27-23(30)19-8-10-21(26)11-9-19)25(32)29-16-12-20(13-17-29)24(31)28-14-6-4-5-7-15-28/h8-11,18,20,22H,3-7,12-17H2,1-2H3,(H,27,30)/t18-,22-/m0/s1. The van der Waals surface area contributed by atoms with E-state index in [9.17, 15) is 14.4 Å². The van der Waals surface area contributed by atoms with Crippen LogP contribution in [0.1, 0.15) is 69.2 Å². The van der Waals surface area contributed by atoms with Crippen molar-refractivity contribution in [1.82, 2.24) is 15.1 Å². The van der Waals surface area contributed by atoms with E-state index in [0.29, 0.717) is 36.5 Å². The van der Waals surface area contributed by atoms with E-state index in [-0.39, 0.29) is 29.6 Å². The third-order valence-electron chi connectivity index (χ3n) is 6.95. The molecule has 3 rings (SSSR count). The van der Waals surface area contributed by atoms with Crippen molar-refractivity contribution in [2.45, 2.75) is 64.8 Å². The number of nitrogens with zero attached hydrogens (tertiary/aromatic N) is 2. The van der Waals surface area contributed by atoms with Gasteiger partial charge >= 0.3 is 0 Å². The first kappa shape index (κ1) is 24.6. The van der Waals surface area contributed by atoms with Crippen LogP contribution in [0.15, 0.2) is 24.3 Å². The number of carbonyl (C=O) groups is 3. The summed E-state index contributed by atoms with van der Waals surface area (Å²) >= 11 is 5.92. The predicted molar refractivity (Wildman–Crippen MR) is 127 cm³/mol. The molecule has 0 saturated carbocycles. The minimum atomic E-state index is -0.582. The van der Waals surface area contributed by atoms with Gasteiger partial charge in [-0.3, -0.25) is 14.4 Å². The Bertz CT molecular complexity index is 782. The van der Waals surface area contributed by atoms with E-state index >= 15 is 0 Å². The Balaban J connectivity index is 1.59. The molecule has 0 aliphatic carbocycles. The smallest absolute Gasteiger partial charge is 0.251 e. The first-order chi connectivity index (χ1) is 15.4. The Labute approximate surface area is 196 Å². The lowest BCUT2D eigenvalue weighted by Gasteiger charge is -2.36. The molecule has 2 saturated heterocycles. The van der Waals surface area contributed by atoms with Gasteiger partial charge in [-0.2, -0.15) is 0 Å². The Kier molecular flexibility index (Phi) is 8.97. The van der Waals surface area contributed by atoms with Crippen molar-refractivity contribution < 1.29 is 14.4 Å². The highest BCUT2D eigenvalue weighted by atomic mass is 35.5. The zero-order valence-corrected chi connectivity index (χ0v) is 20.1. The van der Waals surface area contributed by atoms with Crippen LogP contribution in [-0.4, -0.2) is 59.7 Å². The lowest BCUT2D eigenvalue weighted by Crippen LogP contribution is -2.54. The molecule has 6 nitrogen and oxygen atoms in total. The van der Waals surface area contributed by atoms with Crippen molar-refractivity contribution in [2.75, 3.05) is 26.2 Å². The molecule has 1 N–H and O–H groups in total. The third kappa shape index (κ3) is 6.25. The van der Waals surface area contributed by atoms with Crippen LogP contribution in [0.2, 0.25) is 5.02 Å². The Morgan fingerprint density at radius 3 is 2.12 bits per heavy atom. The van der Waals surface area contributed by atoms with Gasteiger partial charge in [-0.05, 0) is 55.9 Å². The van der Waals surface area contributed by atoms with Gasteiger partial charge in [0, 0.05) is 42.7 Å². The first-order valence-electron chi connectivity index (χ1n) is 12.0. The molecular formula is C25H36ClN3O3. The first-order valence-corrected chi connectivity index (χ1v) is 12.4. The van der Waals surface area contributed by atoms with Crippen molar-refractivity contribution >= 4 is 29.3 Å². The summed E-state index contributed by atoms with van der Waals surface area (Å²) in [6.07, 6.45) is 6.75. The topological polar surface area (TPSA) is 69.7 Å². The summed E-state index contributed by atoms with van der Waals surface area (Å²) < 4.78 is 0. The molecule has 2 aliphatic rings. The van der Waals surface area contributed by atoms with Crippen molar-refractivity contribution in [3.05, 3.63) is 34.9 Å². The van der Waals surface area contributed by atoms with Crippen molar-refractivity contribution in [1.29, 1.82) is 0 Å². The summed E-state index contributed by atoms with van der Waals surface area (Å²) in [5.41, 5.74) is 0.484. The number of benzene rings is 1. The number of nitrogens with one attached hydrogen (secondary N) is 1. The summed E-state index contributed by atoms with van der Waals surface area (Å²) in [7, 11) is 0. The average molecular weight is 462 g/mol. The quantitative estimate of drug-likeness (QED) is 0.692. The van der Waals surface area contributed by atoms with E-state index in [1.165, 1.54) is 12.8 Å². The molecule has 3 amide bonds. The van der Waals surface area contributed by atoms with Crippen LogP contribution >= 0.6 is 11.6 Å². The summed E-state index contributed by atoms with van der Waals surface area (Å²) in [5, 5.41) is 3.51. The fourth-order valence-electron chi connectivity index (χ4n) is 4.60. The van der Waals surface area contributed by atoms with E-state index < -0.39 is 6.04 Å². The maximum atomic E-state index is 13.3. The van der Waals surface area contributed by atoms with E-state index in [4.69, 9.17) is 11.6 Å². The fourth-order valence-corrected chi connectivity index (χ4v) is 4.73. The number of piperidine rings is 1. The number of hydrogen-bond acceptors (Lipinski definition) is 3. The highest BCUT2D eigenvalue weighted by molar-refractivity contribution is 6.30. The maximum absolute atomic E-state index is 13.3. The minimum absolute atomic E-state index is 0.00265. The zero-order chi connectivity index (χ0) is 23.1. The molecule has 7 heteroatoms. The molecule has 0 bridgehead atoms. The van der Waals surface area contributed by atoms with Crippen molar-refractivity contribution in [3.8, 4) is 0 Å². The molecule has 0 radical (unpaired) electrons. The number of halogens is 1. The molecule has 2 fully saturated rings. The van der Waals surface area contributed by atoms with E-state index in [1.807, 2.05) is 23.6 Å². The normalized spacial score (nSPS) is 19.7. The summed E-state index contributed by atoms with van der Waals surface area (Å²) in [6.45, 7) is 6.86. The number of likely N-dealkylation sites (tertiary alicyclic amines) is 2. The van der Waals surface area contributed by atoms with Crippen LogP contribution in [0.3, 0.4) is 0 Å². The molecule has 176 valence electrons. The maximum Gasteiger partial charge on any atom is 0.251 e. The second-order valence-corrected chi connectivity index (χ2v) is 9.62. The lowest BCUT2D eigenvalue weighted by atomic mass is 9.92. The SMILES string of the molecule is CC[C@H](C)[C@H](NC(=O)c1ccc(Cl)cc1)C(=O)N1CCC(C(=O)N2CCCCCC2)CC1. The van der Waals surface area contributed by atoms with Gasteiger partial charge in [-0.1, -0.05) is 44.7 Å². The molecular weight excluding hydrogens is 426 g/mol. The number of carbonyl (C=O) groups excluding carboxylic acids is 3. The van der Waals surface area contributed by atoms with Crippen LogP contribution < -0.4 is 5.32 Å². The Morgan fingerprint density at radius 2 is 1.56 bits per heavy atom. The Hall–Kier alpha value is -2.08. The van der Waals surface area contributed by atoms with Gasteiger partial charge in [0.2, 0.25) is 11.8 Å². The molecule has 0 unspecified atom stereocenters. The molecule has 0 aromatic heterocycles. The second-order valence-electron chi connectivity index (χ2n) is 9.18. The predicted octanol–water partition coefficient (Wildman–Crippen LogP) is 4.13. The van der Waals surface area contributed by atoms with Crippen molar-refractivity contribution in [3.63, 3.8) is 0 Å². The lowest BCUT2D eigenvalue weighted by molar-refractivity contribution is -0.142. The van der Waals surface area contributed by atoms with Gasteiger partial charge in [0.15, 0.2) is 0 Å². The van der Waals surface area contributed by atoms with E-state index in [2.05, 4.69) is 5.32 Å². The number of rotatable bonds is 6. The van der Waals surface area contributed by atoms with Crippen molar-refractivity contribution in [2.24, 2.45) is 11.8 Å². The van der Waals surface area contributed by atoms with E-state index in [1.54, 1.807) is 24.3 Å².